The number of carbonyl (C=O) groups excluding carboxylic acids is 1. The van der Waals surface area contributed by atoms with Crippen molar-refractivity contribution in [1.29, 1.82) is 0 Å². The molecule has 100 valence electrons. The van der Waals surface area contributed by atoms with E-state index in [2.05, 4.69) is 24.3 Å². The summed E-state index contributed by atoms with van der Waals surface area (Å²) in [5, 5.41) is 6.97. The van der Waals surface area contributed by atoms with Crippen LogP contribution in [0.2, 0.25) is 0 Å². The zero-order valence-electron chi connectivity index (χ0n) is 11.4. The van der Waals surface area contributed by atoms with Gasteiger partial charge >= 0.3 is 6.03 Å². The van der Waals surface area contributed by atoms with Crippen LogP contribution in [0.3, 0.4) is 0 Å². The molecule has 0 bridgehead atoms. The molecule has 2 heterocycles. The van der Waals surface area contributed by atoms with Gasteiger partial charge in [0.25, 0.3) is 0 Å². The Bertz CT molecular complexity index is 413. The van der Waals surface area contributed by atoms with E-state index in [1.807, 2.05) is 18.1 Å². The highest BCUT2D eigenvalue weighted by molar-refractivity contribution is 5.89. The number of carbonyl (C=O) groups is 1. The summed E-state index contributed by atoms with van der Waals surface area (Å²) in [6, 6.07) is 0.358. The molecule has 1 fully saturated rings. The minimum absolute atomic E-state index is 0.00130. The minimum Gasteiger partial charge on any atom is -0.321 e. The number of aryl methyl sites for hydroxylation is 1. The van der Waals surface area contributed by atoms with Gasteiger partial charge in [-0.05, 0) is 25.2 Å². The maximum Gasteiger partial charge on any atom is 0.322 e. The highest BCUT2D eigenvalue weighted by atomic mass is 16.2. The van der Waals surface area contributed by atoms with Crippen LogP contribution in [0, 0.1) is 5.92 Å². The number of urea groups is 1. The fourth-order valence-corrected chi connectivity index (χ4v) is 2.58. The van der Waals surface area contributed by atoms with Gasteiger partial charge in [-0.1, -0.05) is 13.8 Å². The Hall–Kier alpha value is -1.52. The molecule has 1 N–H and O–H groups in total. The van der Waals surface area contributed by atoms with Crippen LogP contribution in [0.5, 0.6) is 0 Å². The molecule has 5 nitrogen and oxygen atoms in total. The number of piperidine rings is 1. The number of hydrogen-bond acceptors (Lipinski definition) is 2. The van der Waals surface area contributed by atoms with Crippen molar-refractivity contribution >= 4 is 11.7 Å². The van der Waals surface area contributed by atoms with E-state index in [4.69, 9.17) is 0 Å². The van der Waals surface area contributed by atoms with Gasteiger partial charge in [0, 0.05) is 25.8 Å². The van der Waals surface area contributed by atoms with Crippen molar-refractivity contribution in [3.8, 4) is 0 Å². The first-order chi connectivity index (χ1) is 8.58. The van der Waals surface area contributed by atoms with Gasteiger partial charge in [0.05, 0.1) is 11.9 Å². The van der Waals surface area contributed by atoms with Crippen LogP contribution in [0.15, 0.2) is 12.4 Å². The Balaban J connectivity index is 2.02. The van der Waals surface area contributed by atoms with Crippen LogP contribution in [0.4, 0.5) is 10.5 Å². The third kappa shape index (κ3) is 2.83. The van der Waals surface area contributed by atoms with E-state index in [1.54, 1.807) is 10.9 Å². The standard InChI is InChI=1S/C13H22N4O/c1-10(2)12-6-4-5-7-17(12)13(18)15-11-8-14-16(3)9-11/h8-10,12H,4-7H2,1-3H3,(H,15,18)/t12-/m1/s1. The summed E-state index contributed by atoms with van der Waals surface area (Å²) in [6.45, 7) is 5.22. The van der Waals surface area contributed by atoms with E-state index in [9.17, 15) is 4.79 Å². The fourth-order valence-electron chi connectivity index (χ4n) is 2.58. The SMILES string of the molecule is CC(C)[C@H]1CCCCN1C(=O)Nc1cnn(C)c1. The molecule has 0 radical (unpaired) electrons. The average molecular weight is 250 g/mol. The number of amides is 2. The van der Waals surface area contributed by atoms with E-state index in [0.717, 1.165) is 25.1 Å². The van der Waals surface area contributed by atoms with Crippen molar-refractivity contribution in [3.05, 3.63) is 12.4 Å². The van der Waals surface area contributed by atoms with Crippen LogP contribution in [-0.2, 0) is 7.05 Å². The average Bonchev–Trinajstić information content (AvgIpc) is 2.74. The molecule has 1 saturated heterocycles. The molecule has 0 aliphatic carbocycles. The van der Waals surface area contributed by atoms with Gasteiger partial charge in [0.15, 0.2) is 0 Å². The van der Waals surface area contributed by atoms with E-state index in [-0.39, 0.29) is 6.03 Å². The molecule has 0 unspecified atom stereocenters. The van der Waals surface area contributed by atoms with Crippen molar-refractivity contribution in [2.24, 2.45) is 13.0 Å². The zero-order chi connectivity index (χ0) is 13.1. The van der Waals surface area contributed by atoms with E-state index in [0.29, 0.717) is 12.0 Å². The normalized spacial score (nSPS) is 20.2. The molecule has 1 atom stereocenters. The number of aromatic nitrogens is 2. The lowest BCUT2D eigenvalue weighted by atomic mass is 9.93. The summed E-state index contributed by atoms with van der Waals surface area (Å²) < 4.78 is 1.69. The quantitative estimate of drug-likeness (QED) is 0.876. The Morgan fingerprint density at radius 3 is 2.89 bits per heavy atom. The van der Waals surface area contributed by atoms with Crippen LogP contribution < -0.4 is 5.32 Å². The lowest BCUT2D eigenvalue weighted by Gasteiger charge is -2.38. The highest BCUT2D eigenvalue weighted by Gasteiger charge is 2.28. The summed E-state index contributed by atoms with van der Waals surface area (Å²) in [7, 11) is 1.84. The van der Waals surface area contributed by atoms with Gasteiger partial charge in [0.2, 0.25) is 0 Å². The molecule has 0 aromatic carbocycles. The van der Waals surface area contributed by atoms with Crippen molar-refractivity contribution < 1.29 is 4.79 Å². The number of hydrogen-bond donors (Lipinski definition) is 1. The smallest absolute Gasteiger partial charge is 0.321 e. The first kappa shape index (κ1) is 12.9. The lowest BCUT2D eigenvalue weighted by molar-refractivity contribution is 0.138. The predicted octanol–water partition coefficient (Wildman–Crippen LogP) is 2.46. The molecule has 2 rings (SSSR count). The second kappa shape index (κ2) is 5.42. The molecular weight excluding hydrogens is 228 g/mol. The van der Waals surface area contributed by atoms with Crippen LogP contribution in [0.25, 0.3) is 0 Å². The monoisotopic (exact) mass is 250 g/mol. The topological polar surface area (TPSA) is 50.2 Å². The van der Waals surface area contributed by atoms with Crippen molar-refractivity contribution in [2.45, 2.75) is 39.2 Å². The lowest BCUT2D eigenvalue weighted by Crippen LogP contribution is -2.48. The van der Waals surface area contributed by atoms with Crippen LogP contribution >= 0.6 is 0 Å². The Morgan fingerprint density at radius 1 is 1.50 bits per heavy atom. The second-order valence-electron chi connectivity index (χ2n) is 5.33. The summed E-state index contributed by atoms with van der Waals surface area (Å²) in [5.74, 6) is 0.505. The van der Waals surface area contributed by atoms with E-state index >= 15 is 0 Å². The van der Waals surface area contributed by atoms with Gasteiger partial charge in [-0.2, -0.15) is 5.10 Å². The summed E-state index contributed by atoms with van der Waals surface area (Å²) in [4.78, 5) is 14.2. The fraction of sp³-hybridized carbons (Fsp3) is 0.692. The molecule has 5 heteroatoms. The van der Waals surface area contributed by atoms with Gasteiger partial charge in [0.1, 0.15) is 0 Å². The molecule has 0 spiro atoms. The Kier molecular flexibility index (Phi) is 3.89. The molecule has 2 amide bonds. The van der Waals surface area contributed by atoms with E-state index < -0.39 is 0 Å². The third-order valence-electron chi connectivity index (χ3n) is 3.54. The summed E-state index contributed by atoms with van der Waals surface area (Å²) in [5.41, 5.74) is 0.760. The number of likely N-dealkylation sites (tertiary alicyclic amines) is 1. The van der Waals surface area contributed by atoms with Gasteiger partial charge in [-0.25, -0.2) is 4.79 Å². The van der Waals surface area contributed by atoms with Crippen molar-refractivity contribution in [3.63, 3.8) is 0 Å². The largest absolute Gasteiger partial charge is 0.322 e. The highest BCUT2D eigenvalue weighted by Crippen LogP contribution is 2.23. The first-order valence-corrected chi connectivity index (χ1v) is 6.64. The second-order valence-corrected chi connectivity index (χ2v) is 5.33. The van der Waals surface area contributed by atoms with Gasteiger partial charge in [-0.15, -0.1) is 0 Å². The maximum absolute atomic E-state index is 12.3. The summed E-state index contributed by atoms with van der Waals surface area (Å²) in [6.07, 6.45) is 6.92. The van der Waals surface area contributed by atoms with Crippen molar-refractivity contribution in [1.82, 2.24) is 14.7 Å². The van der Waals surface area contributed by atoms with Crippen LogP contribution in [-0.4, -0.2) is 33.3 Å². The molecule has 0 saturated carbocycles. The maximum atomic E-state index is 12.3. The van der Waals surface area contributed by atoms with Crippen molar-refractivity contribution in [2.75, 3.05) is 11.9 Å². The summed E-state index contributed by atoms with van der Waals surface area (Å²) >= 11 is 0. The Labute approximate surface area is 108 Å². The zero-order valence-corrected chi connectivity index (χ0v) is 11.4. The minimum atomic E-state index is 0.00130. The van der Waals surface area contributed by atoms with Gasteiger partial charge in [-0.3, -0.25) is 4.68 Å². The van der Waals surface area contributed by atoms with Crippen LogP contribution in [0.1, 0.15) is 33.1 Å². The predicted molar refractivity (Wildman–Crippen MR) is 71.4 cm³/mol. The molecule has 18 heavy (non-hydrogen) atoms. The first-order valence-electron chi connectivity index (χ1n) is 6.64. The number of anilines is 1. The molecule has 1 aliphatic heterocycles. The van der Waals surface area contributed by atoms with Gasteiger partial charge < -0.3 is 10.2 Å². The van der Waals surface area contributed by atoms with E-state index in [1.165, 1.54) is 6.42 Å². The molecule has 1 aromatic rings. The Morgan fingerprint density at radius 2 is 2.28 bits per heavy atom. The molecule has 1 aliphatic rings. The molecule has 1 aromatic heterocycles. The number of nitrogens with zero attached hydrogens (tertiary/aromatic N) is 3. The number of nitrogens with one attached hydrogen (secondary N) is 1. The third-order valence-corrected chi connectivity index (χ3v) is 3.54. The molecular formula is C13H22N4O. The number of rotatable bonds is 2.